The lowest BCUT2D eigenvalue weighted by molar-refractivity contribution is -0.124. The molecule has 0 radical (unpaired) electrons. The van der Waals surface area contributed by atoms with Crippen LogP contribution in [-0.4, -0.2) is 5.91 Å². The number of nitrogens with one attached hydrogen (secondary N) is 1. The second-order valence-electron chi connectivity index (χ2n) is 4.99. The molecule has 0 aliphatic heterocycles. The molecule has 16 heavy (non-hydrogen) atoms. The Labute approximate surface area is 98.1 Å². The molecule has 0 atom stereocenters. The zero-order chi connectivity index (χ0) is 12.3. The van der Waals surface area contributed by atoms with Crippen molar-refractivity contribution in [3.63, 3.8) is 0 Å². The van der Waals surface area contributed by atoms with Crippen LogP contribution in [0.25, 0.3) is 0 Å². The van der Waals surface area contributed by atoms with E-state index in [0.717, 1.165) is 12.1 Å². The quantitative estimate of drug-likeness (QED) is 0.825. The number of carbonyl (C=O) groups excluding carboxylic acids is 1. The number of hydrogen-bond acceptors (Lipinski definition) is 1. The van der Waals surface area contributed by atoms with Gasteiger partial charge >= 0.3 is 0 Å². The highest BCUT2D eigenvalue weighted by Crippen LogP contribution is 2.23. The Morgan fingerprint density at radius 1 is 1.25 bits per heavy atom. The van der Waals surface area contributed by atoms with Gasteiger partial charge in [0, 0.05) is 11.1 Å². The molecular formula is C14H21NO. The highest BCUT2D eigenvalue weighted by Gasteiger charge is 2.25. The minimum absolute atomic E-state index is 0.0817. The summed E-state index contributed by atoms with van der Waals surface area (Å²) in [6, 6.07) is 5.99. The van der Waals surface area contributed by atoms with Gasteiger partial charge in [-0.1, -0.05) is 26.8 Å². The van der Waals surface area contributed by atoms with E-state index in [-0.39, 0.29) is 11.3 Å². The minimum Gasteiger partial charge on any atom is -0.326 e. The minimum atomic E-state index is -0.307. The van der Waals surface area contributed by atoms with Gasteiger partial charge in [0.25, 0.3) is 0 Å². The van der Waals surface area contributed by atoms with E-state index in [1.165, 1.54) is 11.1 Å². The first kappa shape index (κ1) is 12.8. The molecule has 1 N–H and O–H groups in total. The van der Waals surface area contributed by atoms with Crippen LogP contribution in [0.5, 0.6) is 0 Å². The Hall–Kier alpha value is -1.31. The number of benzene rings is 1. The molecule has 0 saturated heterocycles. The summed E-state index contributed by atoms with van der Waals surface area (Å²) < 4.78 is 0. The summed E-state index contributed by atoms with van der Waals surface area (Å²) in [7, 11) is 0. The fraction of sp³-hybridized carbons (Fsp3) is 0.500. The van der Waals surface area contributed by atoms with Gasteiger partial charge < -0.3 is 5.32 Å². The number of hydrogen-bond donors (Lipinski definition) is 1. The van der Waals surface area contributed by atoms with Crippen LogP contribution in [0.3, 0.4) is 0 Å². The van der Waals surface area contributed by atoms with Gasteiger partial charge in [-0.2, -0.15) is 0 Å². The monoisotopic (exact) mass is 219 g/mol. The molecule has 0 saturated carbocycles. The molecule has 0 aliphatic rings. The normalized spacial score (nSPS) is 11.3. The lowest BCUT2D eigenvalue weighted by atomic mass is 9.89. The van der Waals surface area contributed by atoms with E-state index in [4.69, 9.17) is 0 Å². The molecule has 0 fully saturated rings. The molecule has 0 aliphatic carbocycles. The summed E-state index contributed by atoms with van der Waals surface area (Å²) in [6.07, 6.45) is 0.837. The number of carbonyl (C=O) groups is 1. The number of amides is 1. The third-order valence-electron chi connectivity index (χ3n) is 3.26. The zero-order valence-corrected chi connectivity index (χ0v) is 10.8. The predicted molar refractivity (Wildman–Crippen MR) is 68.6 cm³/mol. The van der Waals surface area contributed by atoms with Crippen LogP contribution in [0.2, 0.25) is 0 Å². The summed E-state index contributed by atoms with van der Waals surface area (Å²) in [5, 5.41) is 2.96. The SMILES string of the molecule is CCC(C)(C)C(=O)Nc1ccc(C)c(C)c1. The Morgan fingerprint density at radius 3 is 2.38 bits per heavy atom. The molecule has 1 aromatic rings. The highest BCUT2D eigenvalue weighted by atomic mass is 16.2. The van der Waals surface area contributed by atoms with E-state index in [9.17, 15) is 4.79 Å². The van der Waals surface area contributed by atoms with Crippen LogP contribution in [0.15, 0.2) is 18.2 Å². The summed E-state index contributed by atoms with van der Waals surface area (Å²) in [4.78, 5) is 12.0. The Balaban J connectivity index is 2.82. The van der Waals surface area contributed by atoms with E-state index < -0.39 is 0 Å². The van der Waals surface area contributed by atoms with Crippen LogP contribution in [0, 0.1) is 19.3 Å². The van der Waals surface area contributed by atoms with Gasteiger partial charge in [-0.05, 0) is 43.5 Å². The van der Waals surface area contributed by atoms with E-state index in [2.05, 4.69) is 19.2 Å². The molecule has 2 nitrogen and oxygen atoms in total. The first-order chi connectivity index (χ1) is 7.36. The molecule has 1 aromatic carbocycles. The average Bonchev–Trinajstić information content (AvgIpc) is 2.23. The van der Waals surface area contributed by atoms with Crippen molar-refractivity contribution >= 4 is 11.6 Å². The van der Waals surface area contributed by atoms with Crippen LogP contribution >= 0.6 is 0 Å². The van der Waals surface area contributed by atoms with Crippen LogP contribution in [0.1, 0.15) is 38.3 Å². The topological polar surface area (TPSA) is 29.1 Å². The largest absolute Gasteiger partial charge is 0.326 e. The zero-order valence-electron chi connectivity index (χ0n) is 10.8. The maximum Gasteiger partial charge on any atom is 0.230 e. The van der Waals surface area contributed by atoms with Crippen LogP contribution in [-0.2, 0) is 4.79 Å². The Kier molecular flexibility index (Phi) is 3.74. The first-order valence-electron chi connectivity index (χ1n) is 5.75. The molecule has 0 bridgehead atoms. The highest BCUT2D eigenvalue weighted by molar-refractivity contribution is 5.94. The summed E-state index contributed by atoms with van der Waals surface area (Å²) >= 11 is 0. The van der Waals surface area contributed by atoms with Crippen molar-refractivity contribution < 1.29 is 4.79 Å². The summed E-state index contributed by atoms with van der Waals surface area (Å²) in [6.45, 7) is 10.1. The molecule has 2 heteroatoms. The fourth-order valence-corrected chi connectivity index (χ4v) is 1.28. The smallest absolute Gasteiger partial charge is 0.230 e. The van der Waals surface area contributed by atoms with Crippen molar-refractivity contribution in [1.82, 2.24) is 0 Å². The first-order valence-corrected chi connectivity index (χ1v) is 5.75. The second-order valence-corrected chi connectivity index (χ2v) is 4.99. The van der Waals surface area contributed by atoms with Crippen molar-refractivity contribution in [2.45, 2.75) is 41.0 Å². The number of rotatable bonds is 3. The Morgan fingerprint density at radius 2 is 1.88 bits per heavy atom. The van der Waals surface area contributed by atoms with Crippen LogP contribution < -0.4 is 5.32 Å². The van der Waals surface area contributed by atoms with Gasteiger partial charge in [0.15, 0.2) is 0 Å². The van der Waals surface area contributed by atoms with Gasteiger partial charge in [0.05, 0.1) is 0 Å². The van der Waals surface area contributed by atoms with E-state index in [1.54, 1.807) is 0 Å². The van der Waals surface area contributed by atoms with Crippen molar-refractivity contribution in [2.24, 2.45) is 5.41 Å². The van der Waals surface area contributed by atoms with Gasteiger partial charge in [-0.25, -0.2) is 0 Å². The number of aryl methyl sites for hydroxylation is 2. The molecule has 0 aromatic heterocycles. The van der Waals surface area contributed by atoms with Crippen molar-refractivity contribution in [1.29, 1.82) is 0 Å². The lowest BCUT2D eigenvalue weighted by Crippen LogP contribution is -2.29. The maximum atomic E-state index is 12.0. The van der Waals surface area contributed by atoms with Crippen LogP contribution in [0.4, 0.5) is 5.69 Å². The number of anilines is 1. The fourth-order valence-electron chi connectivity index (χ4n) is 1.28. The second kappa shape index (κ2) is 4.69. The molecule has 1 amide bonds. The Bertz CT molecular complexity index is 394. The average molecular weight is 219 g/mol. The molecular weight excluding hydrogens is 198 g/mol. The summed E-state index contributed by atoms with van der Waals surface area (Å²) in [5.41, 5.74) is 3.02. The van der Waals surface area contributed by atoms with Crippen molar-refractivity contribution in [2.75, 3.05) is 5.32 Å². The van der Waals surface area contributed by atoms with Gasteiger partial charge in [0.1, 0.15) is 0 Å². The van der Waals surface area contributed by atoms with Crippen molar-refractivity contribution in [3.05, 3.63) is 29.3 Å². The standard InChI is InChI=1S/C14H21NO/c1-6-14(4,5)13(16)15-12-8-7-10(2)11(3)9-12/h7-9H,6H2,1-5H3,(H,15,16). The van der Waals surface area contributed by atoms with E-state index in [0.29, 0.717) is 0 Å². The van der Waals surface area contributed by atoms with Gasteiger partial charge in [-0.15, -0.1) is 0 Å². The maximum absolute atomic E-state index is 12.0. The molecule has 1 rings (SSSR count). The molecule has 0 spiro atoms. The third kappa shape index (κ3) is 2.84. The molecule has 0 unspecified atom stereocenters. The van der Waals surface area contributed by atoms with E-state index in [1.807, 2.05) is 39.0 Å². The predicted octanol–water partition coefficient (Wildman–Crippen LogP) is 3.68. The molecule has 0 heterocycles. The van der Waals surface area contributed by atoms with E-state index >= 15 is 0 Å². The lowest BCUT2D eigenvalue weighted by Gasteiger charge is -2.21. The van der Waals surface area contributed by atoms with Gasteiger partial charge in [0.2, 0.25) is 5.91 Å². The molecule has 88 valence electrons. The third-order valence-corrected chi connectivity index (χ3v) is 3.26. The van der Waals surface area contributed by atoms with Gasteiger partial charge in [-0.3, -0.25) is 4.79 Å². The summed E-state index contributed by atoms with van der Waals surface area (Å²) in [5.74, 6) is 0.0817. The van der Waals surface area contributed by atoms with Crippen molar-refractivity contribution in [3.8, 4) is 0 Å².